The SMILES string of the molecule is O=C(O)CCC(=O)N1Cc2ccccc2C(Br)C(Br)c2ccccc21. The summed E-state index contributed by atoms with van der Waals surface area (Å²) in [7, 11) is 0. The number of fused-ring (bicyclic) bond motifs is 2. The maximum absolute atomic E-state index is 12.8. The Bertz CT molecular complexity index is 809. The molecule has 0 fully saturated rings. The first-order valence-corrected chi connectivity index (χ1v) is 9.79. The fourth-order valence-corrected chi connectivity index (χ4v) is 4.46. The van der Waals surface area contributed by atoms with Gasteiger partial charge in [-0.1, -0.05) is 74.3 Å². The lowest BCUT2D eigenvalue weighted by Gasteiger charge is -2.32. The molecule has 4 nitrogen and oxygen atoms in total. The molecule has 2 aromatic rings. The molecular weight excluding hydrogens is 450 g/mol. The van der Waals surface area contributed by atoms with Gasteiger partial charge in [-0.25, -0.2) is 0 Å². The average Bonchev–Trinajstić information content (AvgIpc) is 2.62. The molecule has 1 heterocycles. The molecule has 2 unspecified atom stereocenters. The molecule has 0 bridgehead atoms. The van der Waals surface area contributed by atoms with Crippen molar-refractivity contribution in [2.45, 2.75) is 29.0 Å². The summed E-state index contributed by atoms with van der Waals surface area (Å²) < 4.78 is 0. The Kier molecular flexibility index (Phi) is 5.59. The zero-order chi connectivity index (χ0) is 18.0. The number of carbonyl (C=O) groups is 2. The van der Waals surface area contributed by atoms with Crippen molar-refractivity contribution in [2.24, 2.45) is 0 Å². The van der Waals surface area contributed by atoms with E-state index in [1.165, 1.54) is 0 Å². The molecule has 0 spiro atoms. The lowest BCUT2D eigenvalue weighted by atomic mass is 9.95. The largest absolute Gasteiger partial charge is 0.481 e. The van der Waals surface area contributed by atoms with Gasteiger partial charge >= 0.3 is 5.97 Å². The summed E-state index contributed by atoms with van der Waals surface area (Å²) in [6, 6.07) is 15.7. The Hall–Kier alpha value is -1.66. The zero-order valence-corrected chi connectivity index (χ0v) is 16.5. The molecule has 0 aromatic heterocycles. The van der Waals surface area contributed by atoms with Gasteiger partial charge in [-0.3, -0.25) is 9.59 Å². The third-order valence-electron chi connectivity index (χ3n) is 4.32. The highest BCUT2D eigenvalue weighted by molar-refractivity contribution is 9.12. The maximum atomic E-state index is 12.8. The molecular formula is C19H17Br2NO3. The molecule has 2 aromatic carbocycles. The number of halogens is 2. The highest BCUT2D eigenvalue weighted by Crippen LogP contribution is 2.48. The molecule has 130 valence electrons. The number of carboxylic acid groups (broad SMARTS) is 1. The molecule has 0 saturated heterocycles. The Morgan fingerprint density at radius 2 is 1.56 bits per heavy atom. The van der Waals surface area contributed by atoms with Crippen molar-refractivity contribution < 1.29 is 14.7 Å². The second-order valence-electron chi connectivity index (χ2n) is 5.93. The Balaban J connectivity index is 2.07. The summed E-state index contributed by atoms with van der Waals surface area (Å²) in [5.41, 5.74) is 3.99. The lowest BCUT2D eigenvalue weighted by molar-refractivity contribution is -0.138. The lowest BCUT2D eigenvalue weighted by Crippen LogP contribution is -2.33. The van der Waals surface area contributed by atoms with Gasteiger partial charge < -0.3 is 10.0 Å². The van der Waals surface area contributed by atoms with E-state index in [0.29, 0.717) is 6.54 Å². The number of carbonyl (C=O) groups excluding carboxylic acids is 1. The van der Waals surface area contributed by atoms with Crippen LogP contribution in [0.15, 0.2) is 48.5 Å². The van der Waals surface area contributed by atoms with E-state index in [1.54, 1.807) is 4.90 Å². The van der Waals surface area contributed by atoms with Gasteiger partial charge in [-0.05, 0) is 22.8 Å². The zero-order valence-electron chi connectivity index (χ0n) is 13.4. The van der Waals surface area contributed by atoms with Crippen LogP contribution >= 0.6 is 31.9 Å². The topological polar surface area (TPSA) is 57.6 Å². The van der Waals surface area contributed by atoms with Gasteiger partial charge in [0.15, 0.2) is 0 Å². The molecule has 3 rings (SSSR count). The van der Waals surface area contributed by atoms with Crippen molar-refractivity contribution in [3.63, 3.8) is 0 Å². The van der Waals surface area contributed by atoms with Crippen LogP contribution in [0.4, 0.5) is 5.69 Å². The quantitative estimate of drug-likeness (QED) is 0.649. The number of alkyl halides is 2. The predicted molar refractivity (Wildman–Crippen MR) is 104 cm³/mol. The third kappa shape index (κ3) is 3.80. The van der Waals surface area contributed by atoms with E-state index in [4.69, 9.17) is 5.11 Å². The van der Waals surface area contributed by atoms with E-state index in [0.717, 1.165) is 22.4 Å². The first-order chi connectivity index (χ1) is 12.0. The van der Waals surface area contributed by atoms with Crippen LogP contribution < -0.4 is 4.90 Å². The van der Waals surface area contributed by atoms with Crippen LogP contribution in [-0.2, 0) is 16.1 Å². The van der Waals surface area contributed by atoms with Crippen molar-refractivity contribution in [1.29, 1.82) is 0 Å². The van der Waals surface area contributed by atoms with Gasteiger partial charge in [0.2, 0.25) is 5.91 Å². The van der Waals surface area contributed by atoms with E-state index in [-0.39, 0.29) is 28.4 Å². The number of carboxylic acids is 1. The number of para-hydroxylation sites is 1. The van der Waals surface area contributed by atoms with Crippen LogP contribution in [0.5, 0.6) is 0 Å². The minimum atomic E-state index is -0.965. The van der Waals surface area contributed by atoms with E-state index in [2.05, 4.69) is 37.9 Å². The number of aliphatic carboxylic acids is 1. The molecule has 1 aliphatic rings. The minimum Gasteiger partial charge on any atom is -0.481 e. The molecule has 25 heavy (non-hydrogen) atoms. The van der Waals surface area contributed by atoms with Crippen molar-refractivity contribution in [3.05, 3.63) is 65.2 Å². The summed E-state index contributed by atoms with van der Waals surface area (Å²) >= 11 is 7.55. The van der Waals surface area contributed by atoms with E-state index < -0.39 is 5.97 Å². The number of benzene rings is 2. The first-order valence-electron chi connectivity index (χ1n) is 7.96. The summed E-state index contributed by atoms with van der Waals surface area (Å²) in [5, 5.41) is 8.91. The van der Waals surface area contributed by atoms with Crippen molar-refractivity contribution in [1.82, 2.24) is 0 Å². The first kappa shape index (κ1) is 18.1. The number of amides is 1. The fourth-order valence-electron chi connectivity index (χ4n) is 3.06. The highest BCUT2D eigenvalue weighted by Gasteiger charge is 2.30. The van der Waals surface area contributed by atoms with Crippen LogP contribution in [0, 0.1) is 0 Å². The molecule has 0 radical (unpaired) electrons. The predicted octanol–water partition coefficient (Wildman–Crippen LogP) is 4.97. The molecule has 0 aliphatic carbocycles. The minimum absolute atomic E-state index is 0.0140. The number of rotatable bonds is 3. The second kappa shape index (κ2) is 7.70. The molecule has 1 aliphatic heterocycles. The number of anilines is 1. The van der Waals surface area contributed by atoms with E-state index in [9.17, 15) is 9.59 Å². The standard InChI is InChI=1S/C19H17Br2NO3/c20-18-13-6-2-1-5-12(13)11-22(16(23)9-10-17(24)25)15-8-4-3-7-14(15)19(18)21/h1-8,18-19H,9-11H2,(H,24,25). The molecule has 1 N–H and O–H groups in total. The number of hydrogen-bond donors (Lipinski definition) is 1. The summed E-state index contributed by atoms with van der Waals surface area (Å²) in [6.45, 7) is 0.424. The Labute approximate surface area is 163 Å². The monoisotopic (exact) mass is 465 g/mol. The fraction of sp³-hybridized carbons (Fsp3) is 0.263. The third-order valence-corrected chi connectivity index (χ3v) is 7.07. The van der Waals surface area contributed by atoms with Crippen LogP contribution in [-0.4, -0.2) is 17.0 Å². The molecule has 1 amide bonds. The maximum Gasteiger partial charge on any atom is 0.303 e. The van der Waals surface area contributed by atoms with Gasteiger partial charge in [-0.15, -0.1) is 0 Å². The summed E-state index contributed by atoms with van der Waals surface area (Å²) in [4.78, 5) is 25.4. The van der Waals surface area contributed by atoms with Crippen molar-refractivity contribution >= 4 is 49.4 Å². The summed E-state index contributed by atoms with van der Waals surface area (Å²) in [5.74, 6) is -1.15. The van der Waals surface area contributed by atoms with Crippen LogP contribution in [0.25, 0.3) is 0 Å². The van der Waals surface area contributed by atoms with E-state index in [1.807, 2.05) is 42.5 Å². The summed E-state index contributed by atoms with van der Waals surface area (Å²) in [6.07, 6.45) is -0.186. The number of nitrogens with zero attached hydrogens (tertiary/aromatic N) is 1. The van der Waals surface area contributed by atoms with Gasteiger partial charge in [-0.2, -0.15) is 0 Å². The molecule has 2 atom stereocenters. The Morgan fingerprint density at radius 1 is 0.960 bits per heavy atom. The number of hydrogen-bond acceptors (Lipinski definition) is 2. The smallest absolute Gasteiger partial charge is 0.303 e. The van der Waals surface area contributed by atoms with E-state index >= 15 is 0 Å². The normalized spacial score (nSPS) is 19.4. The van der Waals surface area contributed by atoms with Crippen LogP contribution in [0.1, 0.15) is 39.2 Å². The second-order valence-corrected chi connectivity index (χ2v) is 7.91. The molecule has 6 heteroatoms. The molecule has 0 saturated carbocycles. The van der Waals surface area contributed by atoms with Crippen molar-refractivity contribution in [3.8, 4) is 0 Å². The van der Waals surface area contributed by atoms with Gasteiger partial charge in [0, 0.05) is 12.1 Å². The van der Waals surface area contributed by atoms with Gasteiger partial charge in [0.1, 0.15) is 0 Å². The van der Waals surface area contributed by atoms with Gasteiger partial charge in [0.25, 0.3) is 0 Å². The highest BCUT2D eigenvalue weighted by atomic mass is 79.9. The van der Waals surface area contributed by atoms with Gasteiger partial charge in [0.05, 0.1) is 22.6 Å². The average molecular weight is 467 g/mol. The van der Waals surface area contributed by atoms with Crippen LogP contribution in [0.2, 0.25) is 0 Å². The van der Waals surface area contributed by atoms with Crippen LogP contribution in [0.3, 0.4) is 0 Å². The van der Waals surface area contributed by atoms with Crippen molar-refractivity contribution in [2.75, 3.05) is 4.90 Å². The Morgan fingerprint density at radius 3 is 2.28 bits per heavy atom.